The number of aromatic nitrogens is 3. The van der Waals surface area contributed by atoms with Crippen molar-refractivity contribution in [1.82, 2.24) is 24.8 Å². The van der Waals surface area contributed by atoms with E-state index in [4.69, 9.17) is 20.5 Å². The summed E-state index contributed by atoms with van der Waals surface area (Å²) in [5.41, 5.74) is 8.56. The summed E-state index contributed by atoms with van der Waals surface area (Å²) in [4.78, 5) is 40.0. The Morgan fingerprint density at radius 2 is 1.73 bits per heavy atom. The Labute approximate surface area is 219 Å². The van der Waals surface area contributed by atoms with Crippen LogP contribution in [0.3, 0.4) is 0 Å². The average Bonchev–Trinajstić information content (AvgIpc) is 3.42. The second-order valence-corrected chi connectivity index (χ2v) is 9.07. The zero-order valence-corrected chi connectivity index (χ0v) is 20.9. The molecular weight excluding hydrogens is 496 g/mol. The average molecular weight is 523 g/mol. The number of fused-ring (bicyclic) bond motifs is 1. The second-order valence-electron chi connectivity index (χ2n) is 9.07. The molecule has 2 fully saturated rings. The standard InChI is InChI=1S/C24H26N10O2.ClH/c25-23-27-13-17(14-28-23)20-19-15-29-32-21(19)31-24(30-20,34-9-11-36-12-10-34)18-3-7-33(8-4-18)22(35)16-1-5-26-6-2-16;/h1-2,5-6,13-15,18H,3-4,7-12H2,(H2,25,27,28);1H. The van der Waals surface area contributed by atoms with Crippen LogP contribution in [0, 0.1) is 5.92 Å². The van der Waals surface area contributed by atoms with E-state index in [1.54, 1.807) is 43.1 Å². The first-order valence-corrected chi connectivity index (χ1v) is 12.1. The molecule has 0 spiro atoms. The Morgan fingerprint density at radius 1 is 1.03 bits per heavy atom. The number of pyridine rings is 1. The molecule has 0 saturated carbocycles. The normalized spacial score (nSPS) is 24.0. The van der Waals surface area contributed by atoms with Gasteiger partial charge in [0, 0.05) is 68.0 Å². The van der Waals surface area contributed by atoms with Crippen LogP contribution in [0.1, 0.15) is 28.8 Å². The molecule has 1 atom stereocenters. The van der Waals surface area contributed by atoms with E-state index in [-0.39, 0.29) is 30.2 Å². The highest BCUT2D eigenvalue weighted by Crippen LogP contribution is 2.41. The van der Waals surface area contributed by atoms with Gasteiger partial charge in [-0.25, -0.2) is 20.0 Å². The third-order valence-electron chi connectivity index (χ3n) is 7.06. The predicted molar refractivity (Wildman–Crippen MR) is 139 cm³/mol. The zero-order valence-electron chi connectivity index (χ0n) is 20.1. The highest BCUT2D eigenvalue weighted by Gasteiger charge is 2.49. The molecule has 2 N–H and O–H groups in total. The van der Waals surface area contributed by atoms with Gasteiger partial charge < -0.3 is 15.4 Å². The number of carbonyl (C=O) groups excluding carboxylic acids is 1. The van der Waals surface area contributed by atoms with Crippen LogP contribution in [-0.2, 0) is 4.74 Å². The van der Waals surface area contributed by atoms with E-state index >= 15 is 0 Å². The monoisotopic (exact) mass is 522 g/mol. The molecule has 4 aliphatic heterocycles. The number of hydrogen-bond donors (Lipinski definition) is 1. The van der Waals surface area contributed by atoms with Gasteiger partial charge in [-0.3, -0.25) is 14.7 Å². The fraction of sp³-hybridized carbons (Fsp3) is 0.417. The minimum atomic E-state index is -0.887. The zero-order chi connectivity index (χ0) is 24.5. The molecule has 1 amide bonds. The quantitative estimate of drug-likeness (QED) is 0.645. The summed E-state index contributed by atoms with van der Waals surface area (Å²) in [6.45, 7) is 3.82. The maximum atomic E-state index is 13.0. The highest BCUT2D eigenvalue weighted by molar-refractivity contribution is 6.31. The van der Waals surface area contributed by atoms with E-state index in [9.17, 15) is 4.79 Å². The van der Waals surface area contributed by atoms with Crippen LogP contribution < -0.4 is 5.73 Å². The minimum Gasteiger partial charge on any atom is -0.379 e. The van der Waals surface area contributed by atoms with Gasteiger partial charge in [-0.1, -0.05) is 0 Å². The molecule has 0 bridgehead atoms. The molecule has 4 aliphatic rings. The number of piperidine rings is 1. The summed E-state index contributed by atoms with van der Waals surface area (Å²) >= 11 is 0. The largest absolute Gasteiger partial charge is 0.379 e. The van der Waals surface area contributed by atoms with E-state index < -0.39 is 5.79 Å². The molecule has 13 heteroatoms. The molecule has 2 aromatic heterocycles. The Kier molecular flexibility index (Phi) is 7.04. The highest BCUT2D eigenvalue weighted by atomic mass is 35.5. The van der Waals surface area contributed by atoms with Gasteiger partial charge in [-0.2, -0.15) is 5.11 Å². The topological polar surface area (TPSA) is 147 Å². The van der Waals surface area contributed by atoms with Gasteiger partial charge in [0.15, 0.2) is 5.84 Å². The smallest absolute Gasteiger partial charge is 0.253 e. The third-order valence-corrected chi connectivity index (χ3v) is 7.06. The maximum Gasteiger partial charge on any atom is 0.253 e. The predicted octanol–water partition coefficient (Wildman–Crippen LogP) is 1.96. The molecule has 2 aromatic rings. The number of nitrogens with two attached hydrogens (primary N) is 1. The van der Waals surface area contributed by atoms with Gasteiger partial charge in [-0.05, 0) is 25.0 Å². The SMILES string of the molecule is Cl.Nc1ncc(C2=NC(C3CCN(C(=O)c4ccncc4)CC3)(N3CCOCC3)N=C3N=NC=C32)cn1. The summed E-state index contributed by atoms with van der Waals surface area (Å²) in [6.07, 6.45) is 9.79. The Balaban J connectivity index is 0.00000280. The van der Waals surface area contributed by atoms with Gasteiger partial charge in [0.25, 0.3) is 5.91 Å². The van der Waals surface area contributed by atoms with E-state index in [2.05, 4.69) is 30.1 Å². The number of morpholine rings is 1. The summed E-state index contributed by atoms with van der Waals surface area (Å²) in [6, 6.07) is 3.50. The summed E-state index contributed by atoms with van der Waals surface area (Å²) in [5, 5.41) is 8.46. The lowest BCUT2D eigenvalue weighted by molar-refractivity contribution is -0.0508. The van der Waals surface area contributed by atoms with Crippen molar-refractivity contribution in [2.45, 2.75) is 18.6 Å². The molecule has 37 heavy (non-hydrogen) atoms. The van der Waals surface area contributed by atoms with E-state index in [1.807, 2.05) is 4.90 Å². The van der Waals surface area contributed by atoms with Crippen LogP contribution in [0.25, 0.3) is 0 Å². The first kappa shape index (κ1) is 25.1. The first-order valence-electron chi connectivity index (χ1n) is 12.1. The van der Waals surface area contributed by atoms with Crippen LogP contribution in [-0.4, -0.2) is 87.4 Å². The number of nitrogens with zero attached hydrogens (tertiary/aromatic N) is 9. The Hall–Kier alpha value is -3.61. The number of hydrogen-bond acceptors (Lipinski definition) is 11. The van der Waals surface area contributed by atoms with Crippen LogP contribution in [0.4, 0.5) is 5.95 Å². The summed E-state index contributed by atoms with van der Waals surface area (Å²) < 4.78 is 5.65. The molecular formula is C24H27ClN10O2. The lowest BCUT2D eigenvalue weighted by Crippen LogP contribution is -2.59. The van der Waals surface area contributed by atoms with Crippen LogP contribution in [0.15, 0.2) is 68.9 Å². The van der Waals surface area contributed by atoms with Crippen molar-refractivity contribution >= 4 is 35.8 Å². The van der Waals surface area contributed by atoms with Crippen LogP contribution >= 0.6 is 12.4 Å². The van der Waals surface area contributed by atoms with Crippen molar-refractivity contribution in [2.24, 2.45) is 26.1 Å². The number of rotatable bonds is 4. The summed E-state index contributed by atoms with van der Waals surface area (Å²) in [7, 11) is 0. The molecule has 0 aliphatic carbocycles. The van der Waals surface area contributed by atoms with Crippen molar-refractivity contribution in [3.05, 3.63) is 59.8 Å². The van der Waals surface area contributed by atoms with Crippen molar-refractivity contribution in [3.8, 4) is 0 Å². The van der Waals surface area contributed by atoms with Gasteiger partial charge in [0.05, 0.1) is 30.7 Å². The van der Waals surface area contributed by atoms with Gasteiger partial charge in [0.1, 0.15) is 0 Å². The van der Waals surface area contributed by atoms with E-state index in [0.29, 0.717) is 56.5 Å². The molecule has 2 saturated heterocycles. The number of ether oxygens (including phenoxy) is 1. The van der Waals surface area contributed by atoms with Gasteiger partial charge >= 0.3 is 0 Å². The van der Waals surface area contributed by atoms with Crippen molar-refractivity contribution in [1.29, 1.82) is 0 Å². The number of azo groups is 1. The molecule has 12 nitrogen and oxygen atoms in total. The molecule has 6 heterocycles. The number of amides is 1. The van der Waals surface area contributed by atoms with Gasteiger partial charge in [0.2, 0.25) is 11.7 Å². The number of halogens is 1. The van der Waals surface area contributed by atoms with Crippen molar-refractivity contribution in [2.75, 3.05) is 45.1 Å². The van der Waals surface area contributed by atoms with Crippen molar-refractivity contribution < 1.29 is 9.53 Å². The maximum absolute atomic E-state index is 13.0. The van der Waals surface area contributed by atoms with Gasteiger partial charge in [-0.15, -0.1) is 17.5 Å². The van der Waals surface area contributed by atoms with Crippen LogP contribution in [0.2, 0.25) is 0 Å². The van der Waals surface area contributed by atoms with E-state index in [1.165, 1.54) is 0 Å². The molecule has 0 aromatic carbocycles. The number of likely N-dealkylation sites (tertiary alicyclic amines) is 1. The number of anilines is 1. The molecule has 1 unspecified atom stereocenters. The fourth-order valence-corrected chi connectivity index (χ4v) is 5.21. The Morgan fingerprint density at radius 3 is 2.43 bits per heavy atom. The second kappa shape index (κ2) is 10.4. The number of carbonyl (C=O) groups is 1. The Bertz CT molecular complexity index is 1270. The minimum absolute atomic E-state index is 0. The summed E-state index contributed by atoms with van der Waals surface area (Å²) in [5.74, 6) is -0.0542. The lowest BCUT2D eigenvalue weighted by atomic mass is 9.86. The van der Waals surface area contributed by atoms with Crippen LogP contribution in [0.5, 0.6) is 0 Å². The van der Waals surface area contributed by atoms with Crippen molar-refractivity contribution in [3.63, 3.8) is 0 Å². The molecule has 0 radical (unpaired) electrons. The number of amidine groups is 1. The van der Waals surface area contributed by atoms with E-state index in [0.717, 1.165) is 24.0 Å². The molecule has 192 valence electrons. The fourth-order valence-electron chi connectivity index (χ4n) is 5.21. The molecule has 6 rings (SSSR count). The first-order chi connectivity index (χ1) is 17.6. The number of aliphatic imine (C=N–C) groups is 2. The third kappa shape index (κ3) is 4.63. The lowest BCUT2D eigenvalue weighted by Gasteiger charge is -2.48. The number of nitrogen functional groups attached to an aromatic ring is 1.